The van der Waals surface area contributed by atoms with E-state index in [9.17, 15) is 8.42 Å². The van der Waals surface area contributed by atoms with Gasteiger partial charge in [0.05, 0.1) is 5.75 Å². The molecule has 20 heavy (non-hydrogen) atoms. The lowest BCUT2D eigenvalue weighted by atomic mass is 10.1. The Balaban J connectivity index is 2.50. The molecule has 0 amide bonds. The van der Waals surface area contributed by atoms with Gasteiger partial charge in [0.1, 0.15) is 0 Å². The second-order valence-electron chi connectivity index (χ2n) is 5.05. The minimum Gasteiger partial charge on any atom is -0.313 e. The average molecular weight is 299 g/mol. The van der Waals surface area contributed by atoms with Crippen LogP contribution in [-0.2, 0) is 22.3 Å². The van der Waals surface area contributed by atoms with E-state index >= 15 is 0 Å². The Bertz CT molecular complexity index is 484. The van der Waals surface area contributed by atoms with Crippen LogP contribution in [0.2, 0.25) is 0 Å². The highest BCUT2D eigenvalue weighted by Gasteiger charge is 2.10. The van der Waals surface area contributed by atoms with E-state index in [1.165, 1.54) is 0 Å². The van der Waals surface area contributed by atoms with Crippen LogP contribution in [0.5, 0.6) is 0 Å². The predicted molar refractivity (Wildman–Crippen MR) is 83.0 cm³/mol. The third-order valence-corrected chi connectivity index (χ3v) is 4.20. The highest BCUT2D eigenvalue weighted by molar-refractivity contribution is 7.88. The molecule has 0 fully saturated rings. The van der Waals surface area contributed by atoms with E-state index in [1.54, 1.807) is 0 Å². The third kappa shape index (κ3) is 7.00. The maximum Gasteiger partial charge on any atom is 0.215 e. The quantitative estimate of drug-likeness (QED) is 0.707. The first-order valence-electron chi connectivity index (χ1n) is 6.83. The number of likely N-dealkylation sites (N-methyl/N-ethyl adjacent to an activating group) is 1. The molecule has 0 unspecified atom stereocenters. The van der Waals surface area contributed by atoms with Gasteiger partial charge in [0.15, 0.2) is 0 Å². The van der Waals surface area contributed by atoms with Crippen molar-refractivity contribution in [1.29, 1.82) is 0 Å². The molecule has 0 saturated heterocycles. The zero-order valence-electron chi connectivity index (χ0n) is 12.5. The Labute approximate surface area is 122 Å². The van der Waals surface area contributed by atoms with Gasteiger partial charge in [-0.1, -0.05) is 31.2 Å². The Morgan fingerprint density at radius 1 is 1.10 bits per heavy atom. The minimum absolute atomic E-state index is 0.0297. The number of hydrogen-bond donors (Lipinski definition) is 2. The highest BCUT2D eigenvalue weighted by atomic mass is 32.2. The van der Waals surface area contributed by atoms with Gasteiger partial charge in [-0.2, -0.15) is 0 Å². The number of nitrogens with one attached hydrogen (secondary N) is 2. The van der Waals surface area contributed by atoms with Crippen molar-refractivity contribution in [3.8, 4) is 0 Å². The van der Waals surface area contributed by atoms with Gasteiger partial charge >= 0.3 is 0 Å². The summed E-state index contributed by atoms with van der Waals surface area (Å²) in [6.07, 6.45) is 0. The van der Waals surface area contributed by atoms with Gasteiger partial charge in [0.25, 0.3) is 0 Å². The van der Waals surface area contributed by atoms with Crippen LogP contribution in [0.4, 0.5) is 0 Å². The summed E-state index contributed by atoms with van der Waals surface area (Å²) in [5.41, 5.74) is 1.97. The number of hydrogen-bond acceptors (Lipinski definition) is 4. The van der Waals surface area contributed by atoms with Crippen LogP contribution >= 0.6 is 0 Å². The molecule has 0 spiro atoms. The maximum absolute atomic E-state index is 11.9. The molecule has 0 aliphatic heterocycles. The summed E-state index contributed by atoms with van der Waals surface area (Å²) in [7, 11) is 0.576. The van der Waals surface area contributed by atoms with E-state index in [4.69, 9.17) is 0 Å². The SMILES string of the molecule is CCNCc1ccc(CS(=O)(=O)NCCN(C)C)cc1. The predicted octanol–water partition coefficient (Wildman–Crippen LogP) is 0.777. The van der Waals surface area contributed by atoms with Crippen molar-refractivity contribution >= 4 is 10.0 Å². The zero-order valence-corrected chi connectivity index (χ0v) is 13.3. The van der Waals surface area contributed by atoms with Gasteiger partial charge < -0.3 is 10.2 Å². The van der Waals surface area contributed by atoms with E-state index in [2.05, 4.69) is 17.0 Å². The molecule has 0 bridgehead atoms. The molecule has 0 aromatic heterocycles. The van der Waals surface area contributed by atoms with E-state index < -0.39 is 10.0 Å². The van der Waals surface area contributed by atoms with Crippen molar-refractivity contribution < 1.29 is 8.42 Å². The molecule has 0 heterocycles. The standard InChI is InChI=1S/C14H25N3O2S/c1-4-15-11-13-5-7-14(8-6-13)12-20(18,19)16-9-10-17(2)3/h5-8,15-16H,4,9-12H2,1-3H3. The van der Waals surface area contributed by atoms with Crippen molar-refractivity contribution in [2.45, 2.75) is 19.2 Å². The number of benzene rings is 1. The molecular formula is C14H25N3O2S. The fourth-order valence-electron chi connectivity index (χ4n) is 1.72. The summed E-state index contributed by atoms with van der Waals surface area (Å²) < 4.78 is 26.4. The Morgan fingerprint density at radius 2 is 1.70 bits per heavy atom. The molecule has 114 valence electrons. The highest BCUT2D eigenvalue weighted by Crippen LogP contribution is 2.07. The Kier molecular flexibility index (Phi) is 7.15. The molecule has 1 rings (SSSR count). The van der Waals surface area contributed by atoms with Crippen LogP contribution in [0, 0.1) is 0 Å². The van der Waals surface area contributed by atoms with Crippen molar-refractivity contribution in [3.63, 3.8) is 0 Å². The molecule has 6 heteroatoms. The monoisotopic (exact) mass is 299 g/mol. The lowest BCUT2D eigenvalue weighted by molar-refractivity contribution is 0.412. The van der Waals surface area contributed by atoms with E-state index in [-0.39, 0.29) is 5.75 Å². The molecular weight excluding hydrogens is 274 g/mol. The summed E-state index contributed by atoms with van der Waals surface area (Å²) in [6, 6.07) is 7.68. The molecule has 5 nitrogen and oxygen atoms in total. The molecule has 2 N–H and O–H groups in total. The first-order chi connectivity index (χ1) is 9.43. The number of sulfonamides is 1. The van der Waals surface area contributed by atoms with E-state index in [1.807, 2.05) is 43.3 Å². The van der Waals surface area contributed by atoms with Gasteiger partial charge in [0, 0.05) is 19.6 Å². The summed E-state index contributed by atoms with van der Waals surface area (Å²) >= 11 is 0. The summed E-state index contributed by atoms with van der Waals surface area (Å²) in [5, 5.41) is 3.24. The van der Waals surface area contributed by atoms with Crippen molar-refractivity contribution in [1.82, 2.24) is 14.9 Å². The molecule has 1 aromatic carbocycles. The number of nitrogens with zero attached hydrogens (tertiary/aromatic N) is 1. The largest absolute Gasteiger partial charge is 0.313 e. The molecule has 0 aliphatic carbocycles. The fraction of sp³-hybridized carbons (Fsp3) is 0.571. The molecule has 0 saturated carbocycles. The number of rotatable bonds is 9. The topological polar surface area (TPSA) is 61.4 Å². The third-order valence-electron chi connectivity index (χ3n) is 2.84. The van der Waals surface area contributed by atoms with Crippen molar-refractivity contribution in [2.24, 2.45) is 0 Å². The van der Waals surface area contributed by atoms with Crippen molar-refractivity contribution in [2.75, 3.05) is 33.7 Å². The Morgan fingerprint density at radius 3 is 2.25 bits per heavy atom. The molecule has 0 atom stereocenters. The molecule has 0 radical (unpaired) electrons. The second-order valence-corrected chi connectivity index (χ2v) is 6.86. The summed E-state index contributed by atoms with van der Waals surface area (Å²) in [5.74, 6) is 0.0297. The van der Waals surface area contributed by atoms with Crippen LogP contribution < -0.4 is 10.0 Å². The molecule has 1 aromatic rings. The van der Waals surface area contributed by atoms with Crippen LogP contribution in [0.25, 0.3) is 0 Å². The van der Waals surface area contributed by atoms with Gasteiger partial charge in [0.2, 0.25) is 10.0 Å². The molecule has 0 aliphatic rings. The first-order valence-corrected chi connectivity index (χ1v) is 8.49. The maximum atomic E-state index is 11.9. The summed E-state index contributed by atoms with van der Waals surface area (Å²) in [4.78, 5) is 1.94. The van der Waals surface area contributed by atoms with Crippen LogP contribution in [0.15, 0.2) is 24.3 Å². The Hall–Kier alpha value is -0.950. The lowest BCUT2D eigenvalue weighted by Crippen LogP contribution is -2.32. The summed E-state index contributed by atoms with van der Waals surface area (Å²) in [6.45, 7) is 4.92. The smallest absolute Gasteiger partial charge is 0.215 e. The first kappa shape index (κ1) is 17.1. The normalized spacial score (nSPS) is 12.0. The fourth-order valence-corrected chi connectivity index (χ4v) is 2.85. The van der Waals surface area contributed by atoms with E-state index in [0.717, 1.165) is 24.2 Å². The van der Waals surface area contributed by atoms with Crippen molar-refractivity contribution in [3.05, 3.63) is 35.4 Å². The van der Waals surface area contributed by atoms with Crippen LogP contribution in [0.3, 0.4) is 0 Å². The average Bonchev–Trinajstić information content (AvgIpc) is 2.37. The van der Waals surface area contributed by atoms with Crippen LogP contribution in [0.1, 0.15) is 18.1 Å². The van der Waals surface area contributed by atoms with Crippen LogP contribution in [-0.4, -0.2) is 47.0 Å². The van der Waals surface area contributed by atoms with Gasteiger partial charge in [-0.15, -0.1) is 0 Å². The van der Waals surface area contributed by atoms with Gasteiger partial charge in [-0.3, -0.25) is 0 Å². The van der Waals surface area contributed by atoms with Gasteiger partial charge in [-0.05, 0) is 31.8 Å². The second kappa shape index (κ2) is 8.36. The lowest BCUT2D eigenvalue weighted by Gasteiger charge is -2.11. The zero-order chi connectivity index (χ0) is 15.0. The van der Waals surface area contributed by atoms with E-state index in [0.29, 0.717) is 13.1 Å². The van der Waals surface area contributed by atoms with Gasteiger partial charge in [-0.25, -0.2) is 13.1 Å². The minimum atomic E-state index is -3.25.